The van der Waals surface area contributed by atoms with Crippen LogP contribution in [0, 0.1) is 6.92 Å². The summed E-state index contributed by atoms with van der Waals surface area (Å²) in [7, 11) is 3.11. The van der Waals surface area contributed by atoms with Crippen LogP contribution in [0.5, 0.6) is 11.5 Å². The van der Waals surface area contributed by atoms with Crippen molar-refractivity contribution >= 4 is 29.7 Å². The Hall–Kier alpha value is -2.93. The number of carbonyl (C=O) groups excluding carboxylic acids is 2. The Bertz CT molecular complexity index is 797. The Kier molecular flexibility index (Phi) is 7.76. The van der Waals surface area contributed by atoms with Gasteiger partial charge in [-0.25, -0.2) is 0 Å². The van der Waals surface area contributed by atoms with Crippen LogP contribution in [0.4, 0.5) is 0 Å². The number of hydrogen-bond donors (Lipinski definition) is 2. The molecular formula is C20H22N2O4S. The van der Waals surface area contributed by atoms with Crippen molar-refractivity contribution < 1.29 is 19.1 Å². The molecule has 27 heavy (non-hydrogen) atoms. The molecule has 0 aliphatic carbocycles. The van der Waals surface area contributed by atoms with Crippen molar-refractivity contribution in [3.8, 4) is 11.5 Å². The van der Waals surface area contributed by atoms with E-state index in [2.05, 4.69) is 10.9 Å². The van der Waals surface area contributed by atoms with E-state index in [1.54, 1.807) is 38.5 Å². The maximum atomic E-state index is 11.9. The fourth-order valence-electron chi connectivity index (χ4n) is 2.09. The molecule has 0 spiro atoms. The first kappa shape index (κ1) is 20.4. The molecule has 0 saturated carbocycles. The highest BCUT2D eigenvalue weighted by Gasteiger charge is 2.04. The second kappa shape index (κ2) is 10.3. The lowest BCUT2D eigenvalue weighted by molar-refractivity contribution is -0.125. The predicted molar refractivity (Wildman–Crippen MR) is 107 cm³/mol. The van der Waals surface area contributed by atoms with Crippen LogP contribution >= 0.6 is 11.8 Å². The third-order valence-electron chi connectivity index (χ3n) is 3.52. The Morgan fingerprint density at radius 3 is 2.22 bits per heavy atom. The summed E-state index contributed by atoms with van der Waals surface area (Å²) in [6.45, 7) is 2.01. The second-order valence-corrected chi connectivity index (χ2v) is 6.67. The summed E-state index contributed by atoms with van der Waals surface area (Å²) in [5.74, 6) is 0.725. The van der Waals surface area contributed by atoms with Gasteiger partial charge in [0.25, 0.3) is 5.91 Å². The van der Waals surface area contributed by atoms with Crippen LogP contribution in [-0.4, -0.2) is 31.8 Å². The molecule has 0 aromatic heterocycles. The van der Waals surface area contributed by atoms with Crippen molar-refractivity contribution in [2.75, 3.05) is 20.0 Å². The van der Waals surface area contributed by atoms with Crippen molar-refractivity contribution in [1.82, 2.24) is 10.9 Å². The first-order chi connectivity index (χ1) is 13.0. The molecule has 2 rings (SSSR count). The van der Waals surface area contributed by atoms with E-state index in [0.29, 0.717) is 11.5 Å². The Labute approximate surface area is 162 Å². The van der Waals surface area contributed by atoms with Gasteiger partial charge in [0.2, 0.25) is 5.91 Å². The highest BCUT2D eigenvalue weighted by atomic mass is 32.2. The predicted octanol–water partition coefficient (Wildman–Crippen LogP) is 2.97. The van der Waals surface area contributed by atoms with Crippen molar-refractivity contribution in [2.24, 2.45) is 0 Å². The number of methoxy groups -OCH3 is 2. The molecule has 2 aromatic rings. The van der Waals surface area contributed by atoms with E-state index in [4.69, 9.17) is 9.47 Å². The molecule has 142 valence electrons. The molecule has 6 nitrogen and oxygen atoms in total. The number of hydrogen-bond acceptors (Lipinski definition) is 5. The Balaban J connectivity index is 1.80. The molecule has 0 bridgehead atoms. The first-order valence-electron chi connectivity index (χ1n) is 8.19. The zero-order valence-corrected chi connectivity index (χ0v) is 16.3. The SMILES string of the molecule is COc1cc(/C=C/C(=O)NNC(=O)CSc2ccc(C)cc2)cc(OC)c1. The molecule has 0 aliphatic rings. The lowest BCUT2D eigenvalue weighted by Gasteiger charge is -2.06. The monoisotopic (exact) mass is 386 g/mol. The quantitative estimate of drug-likeness (QED) is 0.435. The van der Waals surface area contributed by atoms with Crippen molar-refractivity contribution in [2.45, 2.75) is 11.8 Å². The molecule has 0 saturated heterocycles. The largest absolute Gasteiger partial charge is 0.497 e. The van der Waals surface area contributed by atoms with E-state index < -0.39 is 5.91 Å². The van der Waals surface area contributed by atoms with Gasteiger partial charge in [0.15, 0.2) is 0 Å². The van der Waals surface area contributed by atoms with Crippen LogP contribution in [0.1, 0.15) is 11.1 Å². The van der Waals surface area contributed by atoms with Crippen LogP contribution < -0.4 is 20.3 Å². The van der Waals surface area contributed by atoms with Crippen LogP contribution in [0.2, 0.25) is 0 Å². The summed E-state index contributed by atoms with van der Waals surface area (Å²) in [5, 5.41) is 0. The maximum absolute atomic E-state index is 11.9. The number of nitrogens with one attached hydrogen (secondary N) is 2. The summed E-state index contributed by atoms with van der Waals surface area (Å²) in [5.41, 5.74) is 6.64. The molecule has 7 heteroatoms. The van der Waals surface area contributed by atoms with Crippen molar-refractivity contribution in [1.29, 1.82) is 0 Å². The molecule has 2 N–H and O–H groups in total. The average molecular weight is 386 g/mol. The standard InChI is InChI=1S/C20H22N2O4S/c1-14-4-7-18(8-5-14)27-13-20(24)22-21-19(23)9-6-15-10-16(25-2)12-17(11-15)26-3/h4-12H,13H2,1-3H3,(H,21,23)(H,22,24)/b9-6+. The number of rotatable bonds is 7. The lowest BCUT2D eigenvalue weighted by atomic mass is 10.2. The van der Waals surface area contributed by atoms with Crippen molar-refractivity contribution in [3.63, 3.8) is 0 Å². The smallest absolute Gasteiger partial charge is 0.262 e. The molecule has 0 aliphatic heterocycles. The first-order valence-corrected chi connectivity index (χ1v) is 9.18. The topological polar surface area (TPSA) is 76.7 Å². The minimum Gasteiger partial charge on any atom is -0.497 e. The number of hydrazine groups is 1. The number of amides is 2. The van der Waals surface area contributed by atoms with Crippen LogP contribution in [-0.2, 0) is 9.59 Å². The average Bonchev–Trinajstić information content (AvgIpc) is 2.69. The molecule has 0 unspecified atom stereocenters. The number of ether oxygens (including phenoxy) is 2. The van der Waals surface area contributed by atoms with Gasteiger partial charge in [-0.1, -0.05) is 17.7 Å². The highest BCUT2D eigenvalue weighted by Crippen LogP contribution is 2.23. The minimum atomic E-state index is -0.439. The normalized spacial score (nSPS) is 10.5. The van der Waals surface area contributed by atoms with Gasteiger partial charge in [0, 0.05) is 17.0 Å². The number of aryl methyl sites for hydroxylation is 1. The van der Waals surface area contributed by atoms with Gasteiger partial charge in [-0.2, -0.15) is 0 Å². The van der Waals surface area contributed by atoms with E-state index >= 15 is 0 Å². The summed E-state index contributed by atoms with van der Waals surface area (Å²) in [6, 6.07) is 13.2. The Morgan fingerprint density at radius 1 is 1.00 bits per heavy atom. The van der Waals surface area contributed by atoms with E-state index in [0.717, 1.165) is 16.0 Å². The number of carbonyl (C=O) groups is 2. The fraction of sp³-hybridized carbons (Fsp3) is 0.200. The van der Waals surface area contributed by atoms with Crippen molar-refractivity contribution in [3.05, 3.63) is 59.7 Å². The van der Waals surface area contributed by atoms with E-state index in [9.17, 15) is 9.59 Å². The molecule has 2 aromatic carbocycles. The zero-order valence-electron chi connectivity index (χ0n) is 15.4. The molecule has 0 atom stereocenters. The molecule has 2 amide bonds. The number of thioether (sulfide) groups is 1. The number of benzene rings is 2. The zero-order chi connectivity index (χ0) is 19.6. The van der Waals surface area contributed by atoms with Gasteiger partial charge in [0.1, 0.15) is 11.5 Å². The minimum absolute atomic E-state index is 0.208. The lowest BCUT2D eigenvalue weighted by Crippen LogP contribution is -2.41. The summed E-state index contributed by atoms with van der Waals surface area (Å²) in [4.78, 5) is 24.7. The molecular weight excluding hydrogens is 364 g/mol. The molecule has 0 radical (unpaired) electrons. The summed E-state index contributed by atoms with van der Waals surface area (Å²) < 4.78 is 10.4. The van der Waals surface area contributed by atoms with E-state index in [1.807, 2.05) is 31.2 Å². The highest BCUT2D eigenvalue weighted by molar-refractivity contribution is 8.00. The van der Waals surface area contributed by atoms with Gasteiger partial charge in [-0.05, 0) is 42.8 Å². The summed E-state index contributed by atoms with van der Waals surface area (Å²) in [6.07, 6.45) is 2.93. The fourth-order valence-corrected chi connectivity index (χ4v) is 2.79. The van der Waals surface area contributed by atoms with Gasteiger partial charge in [0.05, 0.1) is 20.0 Å². The third-order valence-corrected chi connectivity index (χ3v) is 4.53. The summed E-state index contributed by atoms with van der Waals surface area (Å²) >= 11 is 1.40. The van der Waals surface area contributed by atoms with Crippen LogP contribution in [0.15, 0.2) is 53.4 Å². The molecule has 0 heterocycles. The Morgan fingerprint density at radius 2 is 1.63 bits per heavy atom. The third kappa shape index (κ3) is 7.07. The maximum Gasteiger partial charge on any atom is 0.262 e. The van der Waals surface area contributed by atoms with Gasteiger partial charge >= 0.3 is 0 Å². The van der Waals surface area contributed by atoms with Gasteiger partial charge in [-0.15, -0.1) is 11.8 Å². The van der Waals surface area contributed by atoms with Crippen LogP contribution in [0.3, 0.4) is 0 Å². The van der Waals surface area contributed by atoms with Gasteiger partial charge < -0.3 is 9.47 Å². The van der Waals surface area contributed by atoms with Gasteiger partial charge in [-0.3, -0.25) is 20.4 Å². The van der Waals surface area contributed by atoms with Crippen LogP contribution in [0.25, 0.3) is 6.08 Å². The van der Waals surface area contributed by atoms with E-state index in [-0.39, 0.29) is 11.7 Å². The molecule has 0 fully saturated rings. The van der Waals surface area contributed by atoms with E-state index in [1.165, 1.54) is 17.8 Å². The second-order valence-electron chi connectivity index (χ2n) is 5.62.